The van der Waals surface area contributed by atoms with Gasteiger partial charge in [0, 0.05) is 25.0 Å². The minimum atomic E-state index is -0.180. The molecule has 0 saturated heterocycles. The highest BCUT2D eigenvalue weighted by Gasteiger charge is 2.15. The monoisotopic (exact) mass is 275 g/mol. The molecule has 1 unspecified atom stereocenters. The highest BCUT2D eigenvalue weighted by atomic mass is 14.9. The van der Waals surface area contributed by atoms with Crippen LogP contribution in [0.4, 0.5) is 0 Å². The zero-order chi connectivity index (χ0) is 15.0. The van der Waals surface area contributed by atoms with Crippen molar-refractivity contribution >= 4 is 0 Å². The van der Waals surface area contributed by atoms with E-state index in [1.807, 2.05) is 20.9 Å². The van der Waals surface area contributed by atoms with Gasteiger partial charge in [-0.15, -0.1) is 0 Å². The normalized spacial score (nSPS) is 13.2. The Bertz CT molecular complexity index is 426. The lowest BCUT2D eigenvalue weighted by atomic mass is 9.89. The molecule has 1 rings (SSSR count). The predicted octanol–water partition coefficient (Wildman–Crippen LogP) is 4.27. The van der Waals surface area contributed by atoms with Crippen molar-refractivity contribution in [2.24, 2.45) is 5.41 Å². The number of nitrogens with one attached hydrogen (secondary N) is 1. The molecule has 0 amide bonds. The Morgan fingerprint density at radius 3 is 2.75 bits per heavy atom. The van der Waals surface area contributed by atoms with Crippen molar-refractivity contribution < 1.29 is 0 Å². The molecule has 0 fully saturated rings. The smallest absolute Gasteiger partial charge is 0.0683 e. The predicted molar refractivity (Wildman–Crippen MR) is 84.4 cm³/mol. The summed E-state index contributed by atoms with van der Waals surface area (Å²) in [5.41, 5.74) is 1.20. The molecule has 0 bridgehead atoms. The van der Waals surface area contributed by atoms with Gasteiger partial charge in [-0.3, -0.25) is 0 Å². The highest BCUT2D eigenvalue weighted by molar-refractivity contribution is 5.15. The Balaban J connectivity index is 2.39. The second kappa shape index (κ2) is 8.11. The van der Waals surface area contributed by atoms with E-state index in [4.69, 9.17) is 5.26 Å². The maximum atomic E-state index is 8.99. The van der Waals surface area contributed by atoms with Gasteiger partial charge in [0.1, 0.15) is 0 Å². The Morgan fingerprint density at radius 2 is 2.15 bits per heavy atom. The van der Waals surface area contributed by atoms with Gasteiger partial charge in [0.2, 0.25) is 0 Å². The molecule has 1 atom stereocenters. The van der Waals surface area contributed by atoms with Crippen LogP contribution in [-0.2, 0) is 6.54 Å². The second-order valence-electron chi connectivity index (χ2n) is 6.27. The number of rotatable bonds is 9. The first-order valence-electron chi connectivity index (χ1n) is 7.76. The van der Waals surface area contributed by atoms with Gasteiger partial charge in [0.15, 0.2) is 0 Å². The summed E-state index contributed by atoms with van der Waals surface area (Å²) < 4.78 is 2.27. The summed E-state index contributed by atoms with van der Waals surface area (Å²) in [6.45, 7) is 7.30. The number of hydrogen-bond donors (Lipinski definition) is 1. The van der Waals surface area contributed by atoms with Gasteiger partial charge in [-0.1, -0.05) is 19.8 Å². The van der Waals surface area contributed by atoms with Gasteiger partial charge >= 0.3 is 0 Å². The molecule has 0 aliphatic heterocycles. The molecule has 1 heterocycles. The number of nitriles is 1. The molecule has 0 saturated carbocycles. The lowest BCUT2D eigenvalue weighted by molar-refractivity contribution is 0.417. The SMILES string of the molecule is CCCC(NC)c1ccn(CCCCC(C)(C)C#N)c1. The van der Waals surface area contributed by atoms with E-state index >= 15 is 0 Å². The van der Waals surface area contributed by atoms with Crippen LogP contribution in [0, 0.1) is 16.7 Å². The third-order valence-corrected chi connectivity index (χ3v) is 3.87. The van der Waals surface area contributed by atoms with Gasteiger partial charge in [0.25, 0.3) is 0 Å². The van der Waals surface area contributed by atoms with Gasteiger partial charge in [0.05, 0.1) is 11.5 Å². The average Bonchev–Trinajstić information content (AvgIpc) is 2.89. The summed E-state index contributed by atoms with van der Waals surface area (Å²) in [4.78, 5) is 0. The van der Waals surface area contributed by atoms with Crippen molar-refractivity contribution in [2.75, 3.05) is 7.05 Å². The third-order valence-electron chi connectivity index (χ3n) is 3.87. The molecule has 3 heteroatoms. The molecule has 0 radical (unpaired) electrons. The number of unbranched alkanes of at least 4 members (excludes halogenated alkanes) is 1. The molecule has 1 N–H and O–H groups in total. The summed E-state index contributed by atoms with van der Waals surface area (Å²) in [6, 6.07) is 5.05. The maximum absolute atomic E-state index is 8.99. The van der Waals surface area contributed by atoms with Gasteiger partial charge in [-0.25, -0.2) is 0 Å². The van der Waals surface area contributed by atoms with E-state index in [0.717, 1.165) is 25.8 Å². The largest absolute Gasteiger partial charge is 0.354 e. The molecule has 112 valence electrons. The van der Waals surface area contributed by atoms with Crippen molar-refractivity contribution in [1.82, 2.24) is 9.88 Å². The average molecular weight is 275 g/mol. The van der Waals surface area contributed by atoms with E-state index in [2.05, 4.69) is 41.3 Å². The van der Waals surface area contributed by atoms with Crippen LogP contribution in [0.1, 0.15) is 64.5 Å². The molecule has 20 heavy (non-hydrogen) atoms. The minimum absolute atomic E-state index is 0.180. The van der Waals surface area contributed by atoms with E-state index in [0.29, 0.717) is 6.04 Å². The standard InChI is InChI=1S/C17H29N3/c1-5-8-16(19-4)15-9-12-20(13-15)11-7-6-10-17(2,3)14-18/h9,12-13,16,19H,5-8,10-11H2,1-4H3. The Hall–Kier alpha value is -1.27. The molecule has 0 aliphatic rings. The van der Waals surface area contributed by atoms with Gasteiger partial charge in [-0.2, -0.15) is 5.26 Å². The minimum Gasteiger partial charge on any atom is -0.354 e. The van der Waals surface area contributed by atoms with Crippen molar-refractivity contribution in [3.63, 3.8) is 0 Å². The first-order chi connectivity index (χ1) is 9.52. The first kappa shape index (κ1) is 16.8. The van der Waals surface area contributed by atoms with Crippen LogP contribution in [0.25, 0.3) is 0 Å². The maximum Gasteiger partial charge on any atom is 0.0683 e. The second-order valence-corrected chi connectivity index (χ2v) is 6.27. The molecule has 0 aliphatic carbocycles. The van der Waals surface area contributed by atoms with Crippen molar-refractivity contribution in [3.8, 4) is 6.07 Å². The summed E-state index contributed by atoms with van der Waals surface area (Å²) >= 11 is 0. The molecule has 1 aromatic heterocycles. The van der Waals surface area contributed by atoms with Gasteiger partial charge in [-0.05, 0) is 51.8 Å². The Kier molecular flexibility index (Phi) is 6.81. The fraction of sp³-hybridized carbons (Fsp3) is 0.706. The third kappa shape index (κ3) is 5.38. The van der Waals surface area contributed by atoms with Crippen LogP contribution in [0.15, 0.2) is 18.5 Å². The van der Waals surface area contributed by atoms with E-state index < -0.39 is 0 Å². The lowest BCUT2D eigenvalue weighted by Crippen LogP contribution is -2.15. The number of aryl methyl sites for hydroxylation is 1. The summed E-state index contributed by atoms with van der Waals surface area (Å²) in [5.74, 6) is 0. The number of hydrogen-bond acceptors (Lipinski definition) is 2. The van der Waals surface area contributed by atoms with E-state index in [1.54, 1.807) is 0 Å². The molecule has 3 nitrogen and oxygen atoms in total. The Morgan fingerprint density at radius 1 is 1.40 bits per heavy atom. The summed E-state index contributed by atoms with van der Waals surface area (Å²) in [7, 11) is 2.03. The van der Waals surface area contributed by atoms with Crippen LogP contribution >= 0.6 is 0 Å². The molecule has 0 spiro atoms. The Labute approximate surface area is 124 Å². The van der Waals surface area contributed by atoms with Crippen LogP contribution in [0.2, 0.25) is 0 Å². The first-order valence-corrected chi connectivity index (χ1v) is 7.76. The van der Waals surface area contributed by atoms with E-state index in [9.17, 15) is 0 Å². The molecular formula is C17H29N3. The summed E-state index contributed by atoms with van der Waals surface area (Å²) in [6.07, 6.45) is 10.0. The number of aromatic nitrogens is 1. The van der Waals surface area contributed by atoms with Crippen LogP contribution in [0.5, 0.6) is 0 Å². The molecule has 0 aromatic carbocycles. The zero-order valence-corrected chi connectivity index (χ0v) is 13.4. The fourth-order valence-electron chi connectivity index (χ4n) is 2.49. The van der Waals surface area contributed by atoms with Crippen molar-refractivity contribution in [1.29, 1.82) is 5.26 Å². The van der Waals surface area contributed by atoms with Crippen molar-refractivity contribution in [2.45, 2.75) is 65.5 Å². The topological polar surface area (TPSA) is 40.8 Å². The van der Waals surface area contributed by atoms with Crippen molar-refractivity contribution in [3.05, 3.63) is 24.0 Å². The fourth-order valence-corrected chi connectivity index (χ4v) is 2.49. The molecular weight excluding hydrogens is 246 g/mol. The summed E-state index contributed by atoms with van der Waals surface area (Å²) in [5, 5.41) is 12.4. The zero-order valence-electron chi connectivity index (χ0n) is 13.4. The number of nitrogens with zero attached hydrogens (tertiary/aromatic N) is 2. The molecule has 1 aromatic rings. The van der Waals surface area contributed by atoms with Gasteiger partial charge < -0.3 is 9.88 Å². The quantitative estimate of drug-likeness (QED) is 0.684. The lowest BCUT2D eigenvalue weighted by Gasteiger charge is -2.14. The van der Waals surface area contributed by atoms with E-state index in [-0.39, 0.29) is 5.41 Å². The van der Waals surface area contributed by atoms with Crippen LogP contribution in [0.3, 0.4) is 0 Å². The van der Waals surface area contributed by atoms with Crippen LogP contribution in [-0.4, -0.2) is 11.6 Å². The van der Waals surface area contributed by atoms with E-state index in [1.165, 1.54) is 18.4 Å². The van der Waals surface area contributed by atoms with Crippen LogP contribution < -0.4 is 5.32 Å². The highest BCUT2D eigenvalue weighted by Crippen LogP contribution is 2.22.